The molecule has 0 radical (unpaired) electrons. The van der Waals surface area contributed by atoms with Gasteiger partial charge >= 0.3 is 0 Å². The van der Waals surface area contributed by atoms with Crippen LogP contribution in [-0.4, -0.2) is 16.6 Å². The fraction of sp³-hybridized carbons (Fsp3) is 0.350. The van der Waals surface area contributed by atoms with Crippen LogP contribution in [0, 0.1) is 5.92 Å². The maximum Gasteiger partial charge on any atom is 0.188 e. The predicted molar refractivity (Wildman–Crippen MR) is 91.6 cm³/mol. The van der Waals surface area contributed by atoms with Crippen molar-refractivity contribution >= 4 is 11.6 Å². The molecule has 0 aliphatic rings. The first-order valence-corrected chi connectivity index (χ1v) is 8.03. The predicted octanol–water partition coefficient (Wildman–Crippen LogP) is 4.23. The van der Waals surface area contributed by atoms with E-state index in [1.54, 1.807) is 24.4 Å². The number of nitrogens with zero attached hydrogens (tertiary/aromatic N) is 1. The minimum Gasteiger partial charge on any atom is -0.299 e. The van der Waals surface area contributed by atoms with Crippen LogP contribution in [0.25, 0.3) is 0 Å². The summed E-state index contributed by atoms with van der Waals surface area (Å²) in [5.41, 5.74) is 2.57. The fourth-order valence-corrected chi connectivity index (χ4v) is 2.53. The summed E-state index contributed by atoms with van der Waals surface area (Å²) in [6.07, 6.45) is 2.49. The standard InChI is InChI=1S/C20H23NO2/c1-14(2)12-16-7-9-17(10-8-16)15(3)19(22)13-20(23)18-6-4-5-11-21-18/h4-11,14-15H,12-13H2,1-3H3/t15-/m0/s1. The number of hydrogen-bond acceptors (Lipinski definition) is 3. The van der Waals surface area contributed by atoms with E-state index in [1.165, 1.54) is 5.56 Å². The Balaban J connectivity index is 2.00. The Hall–Kier alpha value is -2.29. The SMILES string of the molecule is CC(C)Cc1ccc([C@H](C)C(=O)CC(=O)c2ccccn2)cc1. The minimum absolute atomic E-state index is 0.0720. The van der Waals surface area contributed by atoms with E-state index >= 15 is 0 Å². The van der Waals surface area contributed by atoms with E-state index < -0.39 is 0 Å². The molecule has 1 heterocycles. The normalized spacial score (nSPS) is 12.2. The molecule has 0 saturated heterocycles. The molecule has 0 N–H and O–H groups in total. The van der Waals surface area contributed by atoms with Gasteiger partial charge in [-0.3, -0.25) is 14.6 Å². The third-order valence-electron chi connectivity index (χ3n) is 3.89. The maximum atomic E-state index is 12.3. The van der Waals surface area contributed by atoms with Crippen LogP contribution in [0.1, 0.15) is 54.7 Å². The Morgan fingerprint density at radius 1 is 1.00 bits per heavy atom. The highest BCUT2D eigenvalue weighted by Crippen LogP contribution is 2.20. The van der Waals surface area contributed by atoms with Crippen molar-refractivity contribution in [2.24, 2.45) is 5.92 Å². The number of carbonyl (C=O) groups excluding carboxylic acids is 2. The molecule has 0 bridgehead atoms. The lowest BCUT2D eigenvalue weighted by molar-refractivity contribution is -0.119. The van der Waals surface area contributed by atoms with E-state index in [4.69, 9.17) is 0 Å². The van der Waals surface area contributed by atoms with Gasteiger partial charge in [0, 0.05) is 12.1 Å². The highest BCUT2D eigenvalue weighted by atomic mass is 16.1. The van der Waals surface area contributed by atoms with Gasteiger partial charge in [-0.25, -0.2) is 0 Å². The Bertz CT molecular complexity index is 660. The van der Waals surface area contributed by atoms with Crippen LogP contribution in [-0.2, 0) is 11.2 Å². The average molecular weight is 309 g/mol. The molecule has 1 aromatic heterocycles. The average Bonchev–Trinajstić information content (AvgIpc) is 2.55. The lowest BCUT2D eigenvalue weighted by Crippen LogP contribution is -2.15. The number of carbonyl (C=O) groups is 2. The Morgan fingerprint density at radius 3 is 2.26 bits per heavy atom. The summed E-state index contributed by atoms with van der Waals surface area (Å²) in [6, 6.07) is 13.3. The van der Waals surface area contributed by atoms with Gasteiger partial charge in [0.1, 0.15) is 11.5 Å². The van der Waals surface area contributed by atoms with E-state index in [2.05, 4.69) is 31.0 Å². The molecular weight excluding hydrogens is 286 g/mol. The van der Waals surface area contributed by atoms with E-state index in [-0.39, 0.29) is 23.9 Å². The number of pyridine rings is 1. The van der Waals surface area contributed by atoms with Crippen molar-refractivity contribution in [3.8, 4) is 0 Å². The zero-order valence-corrected chi connectivity index (χ0v) is 14.0. The molecule has 2 aromatic rings. The van der Waals surface area contributed by atoms with Gasteiger partial charge in [-0.05, 0) is 35.6 Å². The number of benzene rings is 1. The van der Waals surface area contributed by atoms with Gasteiger partial charge in [0.15, 0.2) is 5.78 Å². The molecule has 1 atom stereocenters. The summed E-state index contributed by atoms with van der Waals surface area (Å²) in [4.78, 5) is 28.4. The first-order valence-electron chi connectivity index (χ1n) is 8.03. The fourth-order valence-electron chi connectivity index (χ4n) is 2.53. The van der Waals surface area contributed by atoms with Crippen LogP contribution in [0.15, 0.2) is 48.7 Å². The monoisotopic (exact) mass is 309 g/mol. The van der Waals surface area contributed by atoms with Gasteiger partial charge in [0.05, 0.1) is 6.42 Å². The topological polar surface area (TPSA) is 47.0 Å². The van der Waals surface area contributed by atoms with Crippen molar-refractivity contribution in [1.82, 2.24) is 4.98 Å². The van der Waals surface area contributed by atoms with Crippen LogP contribution >= 0.6 is 0 Å². The molecular formula is C20H23NO2. The van der Waals surface area contributed by atoms with Crippen molar-refractivity contribution in [2.75, 3.05) is 0 Å². The summed E-state index contributed by atoms with van der Waals surface area (Å²) in [5.74, 6) is 0.0304. The van der Waals surface area contributed by atoms with Crippen molar-refractivity contribution < 1.29 is 9.59 Å². The molecule has 0 spiro atoms. The van der Waals surface area contributed by atoms with E-state index in [1.807, 2.05) is 19.1 Å². The Morgan fingerprint density at radius 2 is 1.70 bits per heavy atom. The largest absolute Gasteiger partial charge is 0.299 e. The Kier molecular flexibility index (Phi) is 5.80. The molecule has 23 heavy (non-hydrogen) atoms. The minimum atomic E-state index is -0.282. The van der Waals surface area contributed by atoms with Crippen LogP contribution in [0.2, 0.25) is 0 Å². The molecule has 3 nitrogen and oxygen atoms in total. The molecule has 0 unspecified atom stereocenters. The van der Waals surface area contributed by atoms with Crippen molar-refractivity contribution in [3.63, 3.8) is 0 Å². The van der Waals surface area contributed by atoms with Crippen molar-refractivity contribution in [1.29, 1.82) is 0 Å². The molecule has 120 valence electrons. The molecule has 0 saturated carbocycles. The lowest BCUT2D eigenvalue weighted by Gasteiger charge is -2.12. The van der Waals surface area contributed by atoms with Crippen molar-refractivity contribution in [3.05, 3.63) is 65.5 Å². The van der Waals surface area contributed by atoms with E-state index in [9.17, 15) is 9.59 Å². The molecule has 0 amide bonds. The van der Waals surface area contributed by atoms with Gasteiger partial charge in [0.25, 0.3) is 0 Å². The highest BCUT2D eigenvalue weighted by Gasteiger charge is 2.20. The summed E-state index contributed by atoms with van der Waals surface area (Å²) < 4.78 is 0. The molecule has 3 heteroatoms. The molecule has 2 rings (SSSR count). The van der Waals surface area contributed by atoms with Gasteiger partial charge in [-0.1, -0.05) is 51.1 Å². The third kappa shape index (κ3) is 4.85. The highest BCUT2D eigenvalue weighted by molar-refractivity contribution is 6.08. The molecule has 0 aliphatic heterocycles. The maximum absolute atomic E-state index is 12.3. The zero-order valence-electron chi connectivity index (χ0n) is 14.0. The molecule has 1 aromatic carbocycles. The Labute approximate surface area is 137 Å². The van der Waals surface area contributed by atoms with Crippen LogP contribution < -0.4 is 0 Å². The second-order valence-electron chi connectivity index (χ2n) is 6.34. The summed E-state index contributed by atoms with van der Waals surface area (Å²) in [5, 5.41) is 0. The van der Waals surface area contributed by atoms with Crippen LogP contribution in [0.5, 0.6) is 0 Å². The lowest BCUT2D eigenvalue weighted by atomic mass is 9.91. The van der Waals surface area contributed by atoms with Gasteiger partial charge < -0.3 is 0 Å². The van der Waals surface area contributed by atoms with Crippen LogP contribution in [0.3, 0.4) is 0 Å². The number of Topliss-reactive ketones (excluding diaryl/α,β-unsaturated/α-hetero) is 2. The van der Waals surface area contributed by atoms with E-state index in [0.29, 0.717) is 11.6 Å². The smallest absolute Gasteiger partial charge is 0.188 e. The van der Waals surface area contributed by atoms with Gasteiger partial charge in [-0.2, -0.15) is 0 Å². The second-order valence-corrected chi connectivity index (χ2v) is 6.34. The van der Waals surface area contributed by atoms with Gasteiger partial charge in [0.2, 0.25) is 0 Å². The summed E-state index contributed by atoms with van der Waals surface area (Å²) in [6.45, 7) is 6.22. The number of hydrogen-bond donors (Lipinski definition) is 0. The second kappa shape index (κ2) is 7.82. The van der Waals surface area contributed by atoms with Gasteiger partial charge in [-0.15, -0.1) is 0 Å². The quantitative estimate of drug-likeness (QED) is 0.568. The van der Waals surface area contributed by atoms with E-state index in [0.717, 1.165) is 12.0 Å². The van der Waals surface area contributed by atoms with Crippen LogP contribution in [0.4, 0.5) is 0 Å². The van der Waals surface area contributed by atoms with Crippen molar-refractivity contribution in [2.45, 2.75) is 39.5 Å². The molecule has 0 aliphatic carbocycles. The number of aromatic nitrogens is 1. The molecule has 0 fully saturated rings. The number of rotatable bonds is 7. The zero-order chi connectivity index (χ0) is 16.8. The first kappa shape index (κ1) is 17.1. The number of ketones is 2. The first-order chi connectivity index (χ1) is 11.0. The summed E-state index contributed by atoms with van der Waals surface area (Å²) in [7, 11) is 0. The third-order valence-corrected chi connectivity index (χ3v) is 3.89. The summed E-state index contributed by atoms with van der Waals surface area (Å²) >= 11 is 0.